The zero-order valence-electron chi connectivity index (χ0n) is 22.5. The summed E-state index contributed by atoms with van der Waals surface area (Å²) in [6.07, 6.45) is 2.08. The Morgan fingerprint density at radius 3 is 1.83 bits per heavy atom. The SMILES string of the molecule is CCN(CC)CC.CN1CCN(c2ccccc2OCC(C)(C)NS(C)(=O)=O)CC1.CS(=O)(=O)Cl. The first-order valence-electron chi connectivity index (χ1n) is 11.8. The van der Waals surface area contributed by atoms with Crippen LogP contribution in [0.1, 0.15) is 34.6 Å². The number of halogens is 1. The molecule has 0 aliphatic carbocycles. The second-order valence-corrected chi connectivity index (χ2v) is 13.9. The van der Waals surface area contributed by atoms with Crippen LogP contribution in [-0.4, -0.2) is 104 Å². The molecule has 1 aliphatic heterocycles. The number of sulfonamides is 1. The smallest absolute Gasteiger partial charge is 0.229 e. The Balaban J connectivity index is 0.000000798. The van der Waals surface area contributed by atoms with E-state index >= 15 is 0 Å². The first-order valence-corrected chi connectivity index (χ1v) is 16.4. The summed E-state index contributed by atoms with van der Waals surface area (Å²) in [4.78, 5) is 6.99. The number of hydrogen-bond acceptors (Lipinski definition) is 8. The maximum Gasteiger partial charge on any atom is 0.229 e. The molecule has 9 nitrogen and oxygen atoms in total. The van der Waals surface area contributed by atoms with E-state index in [1.165, 1.54) is 19.6 Å². The second kappa shape index (κ2) is 15.9. The fourth-order valence-electron chi connectivity index (χ4n) is 3.35. The van der Waals surface area contributed by atoms with Gasteiger partial charge in [-0.25, -0.2) is 21.6 Å². The van der Waals surface area contributed by atoms with Gasteiger partial charge in [-0.3, -0.25) is 0 Å². The molecule has 2 rings (SSSR count). The van der Waals surface area contributed by atoms with Gasteiger partial charge in [0.05, 0.1) is 23.7 Å². The van der Waals surface area contributed by atoms with Crippen LogP contribution in [0.3, 0.4) is 0 Å². The van der Waals surface area contributed by atoms with Gasteiger partial charge < -0.3 is 19.4 Å². The van der Waals surface area contributed by atoms with Crippen molar-refractivity contribution in [2.45, 2.75) is 40.2 Å². The summed E-state index contributed by atoms with van der Waals surface area (Å²) < 4.78 is 50.2. The minimum Gasteiger partial charge on any atom is -0.489 e. The van der Waals surface area contributed by atoms with E-state index in [2.05, 4.69) is 64.0 Å². The maximum absolute atomic E-state index is 11.4. The van der Waals surface area contributed by atoms with Gasteiger partial charge in [0.15, 0.2) is 0 Å². The Kier molecular flexibility index (Phi) is 15.4. The number of anilines is 1. The molecule has 12 heteroatoms. The van der Waals surface area contributed by atoms with Gasteiger partial charge in [-0.2, -0.15) is 0 Å². The first kappa shape index (κ1) is 33.9. The largest absolute Gasteiger partial charge is 0.489 e. The van der Waals surface area contributed by atoms with Crippen molar-refractivity contribution in [1.29, 1.82) is 0 Å². The van der Waals surface area contributed by atoms with Gasteiger partial charge in [0.25, 0.3) is 0 Å². The van der Waals surface area contributed by atoms with E-state index in [0.29, 0.717) is 0 Å². The molecule has 0 amide bonds. The van der Waals surface area contributed by atoms with Crippen molar-refractivity contribution >= 4 is 35.4 Å². The molecule has 1 saturated heterocycles. The number of piperazine rings is 1. The number of benzene rings is 1. The monoisotopic (exact) mass is 556 g/mol. The van der Waals surface area contributed by atoms with E-state index in [9.17, 15) is 16.8 Å². The summed E-state index contributed by atoms with van der Waals surface area (Å²) in [5.41, 5.74) is 0.402. The summed E-state index contributed by atoms with van der Waals surface area (Å²) in [6.45, 7) is 18.0. The fourth-order valence-corrected chi connectivity index (χ4v) is 4.41. The van der Waals surface area contributed by atoms with Crippen molar-refractivity contribution in [3.8, 4) is 5.75 Å². The molecule has 1 N–H and O–H groups in total. The Morgan fingerprint density at radius 2 is 1.43 bits per heavy atom. The highest BCUT2D eigenvalue weighted by Gasteiger charge is 2.24. The average Bonchev–Trinajstić information content (AvgIpc) is 2.72. The summed E-state index contributed by atoms with van der Waals surface area (Å²) in [5, 5.41) is 0. The highest BCUT2D eigenvalue weighted by molar-refractivity contribution is 8.13. The Morgan fingerprint density at radius 1 is 0.971 bits per heavy atom. The molecular formula is C23H45ClN4O5S2. The molecule has 0 atom stereocenters. The van der Waals surface area contributed by atoms with Crippen molar-refractivity contribution in [1.82, 2.24) is 14.5 Å². The molecule has 1 fully saturated rings. The van der Waals surface area contributed by atoms with Gasteiger partial charge in [0.2, 0.25) is 19.1 Å². The maximum atomic E-state index is 11.4. The Labute approximate surface area is 218 Å². The minimum atomic E-state index is -3.27. The topological polar surface area (TPSA) is 99.3 Å². The molecule has 0 radical (unpaired) electrons. The van der Waals surface area contributed by atoms with Crippen molar-refractivity contribution in [2.75, 3.05) is 76.9 Å². The highest BCUT2D eigenvalue weighted by Crippen LogP contribution is 2.29. The van der Waals surface area contributed by atoms with Crippen molar-refractivity contribution in [3.05, 3.63) is 24.3 Å². The number of nitrogens with zero attached hydrogens (tertiary/aromatic N) is 3. The van der Waals surface area contributed by atoms with Crippen LogP contribution in [0.2, 0.25) is 0 Å². The van der Waals surface area contributed by atoms with Crippen LogP contribution in [0.5, 0.6) is 5.75 Å². The van der Waals surface area contributed by atoms with E-state index in [0.717, 1.165) is 50.1 Å². The van der Waals surface area contributed by atoms with Gasteiger partial charge in [-0.15, -0.1) is 0 Å². The van der Waals surface area contributed by atoms with Crippen molar-refractivity contribution in [3.63, 3.8) is 0 Å². The van der Waals surface area contributed by atoms with Crippen LogP contribution < -0.4 is 14.4 Å². The van der Waals surface area contributed by atoms with E-state index in [1.54, 1.807) is 0 Å². The molecule has 206 valence electrons. The molecular weight excluding hydrogens is 512 g/mol. The molecule has 0 aromatic heterocycles. The number of likely N-dealkylation sites (N-methyl/N-ethyl adjacent to an activating group) is 1. The van der Waals surface area contributed by atoms with Gasteiger partial charge >= 0.3 is 0 Å². The highest BCUT2D eigenvalue weighted by atomic mass is 35.7. The third kappa shape index (κ3) is 17.9. The van der Waals surface area contributed by atoms with Gasteiger partial charge in [-0.05, 0) is 52.7 Å². The van der Waals surface area contributed by atoms with Crippen molar-refractivity contribution in [2.24, 2.45) is 0 Å². The van der Waals surface area contributed by atoms with Crippen LogP contribution in [0.4, 0.5) is 5.69 Å². The number of hydrogen-bond donors (Lipinski definition) is 1. The van der Waals surface area contributed by atoms with Crippen LogP contribution in [-0.2, 0) is 19.1 Å². The number of ether oxygens (including phenoxy) is 1. The zero-order valence-corrected chi connectivity index (χ0v) is 24.9. The van der Waals surface area contributed by atoms with E-state index in [1.807, 2.05) is 32.0 Å². The Hall–Kier alpha value is -1.11. The number of nitrogens with one attached hydrogen (secondary N) is 1. The quantitative estimate of drug-likeness (QED) is 0.463. The fraction of sp³-hybridized carbons (Fsp3) is 0.739. The standard InChI is InChI=1S/C16H27N3O3S.C6H15N.CH3ClO2S/c1-16(2,17-23(4,20)21)13-22-15-8-6-5-7-14(15)19-11-9-18(3)10-12-19;1-4-7(5-2)6-3;1-5(2,3)4/h5-8,17H,9-13H2,1-4H3;4-6H2,1-3H3;1H3. The third-order valence-corrected chi connectivity index (χ3v) is 6.02. The van der Waals surface area contributed by atoms with E-state index in [4.69, 9.17) is 4.74 Å². The molecule has 0 spiro atoms. The molecule has 35 heavy (non-hydrogen) atoms. The normalized spacial score (nSPS) is 15.1. The van der Waals surface area contributed by atoms with Crippen LogP contribution >= 0.6 is 10.7 Å². The lowest BCUT2D eigenvalue weighted by molar-refractivity contribution is 0.229. The molecule has 1 heterocycles. The van der Waals surface area contributed by atoms with Gasteiger partial charge in [0.1, 0.15) is 12.4 Å². The van der Waals surface area contributed by atoms with Gasteiger partial charge in [0, 0.05) is 36.9 Å². The first-order chi connectivity index (χ1) is 16.0. The molecule has 1 aromatic rings. The lowest BCUT2D eigenvalue weighted by Gasteiger charge is -2.35. The molecule has 0 unspecified atom stereocenters. The average molecular weight is 557 g/mol. The van der Waals surface area contributed by atoms with Crippen LogP contribution in [0.25, 0.3) is 0 Å². The number of rotatable bonds is 9. The predicted molar refractivity (Wildman–Crippen MR) is 148 cm³/mol. The second-order valence-electron chi connectivity index (χ2n) is 9.11. The summed E-state index contributed by atoms with van der Waals surface area (Å²) >= 11 is 0. The van der Waals surface area contributed by atoms with E-state index < -0.39 is 24.6 Å². The Bertz CT molecular complexity index is 917. The predicted octanol–water partition coefficient (Wildman–Crippen LogP) is 2.68. The molecule has 1 aromatic carbocycles. The summed E-state index contributed by atoms with van der Waals surface area (Å²) in [7, 11) is 0.163. The summed E-state index contributed by atoms with van der Waals surface area (Å²) in [5.74, 6) is 0.792. The van der Waals surface area contributed by atoms with E-state index in [-0.39, 0.29) is 6.61 Å². The van der Waals surface area contributed by atoms with Crippen molar-refractivity contribution < 1.29 is 21.6 Å². The van der Waals surface area contributed by atoms with Crippen LogP contribution in [0.15, 0.2) is 24.3 Å². The van der Waals surface area contributed by atoms with Gasteiger partial charge in [-0.1, -0.05) is 32.9 Å². The minimum absolute atomic E-state index is 0.269. The zero-order chi connectivity index (χ0) is 27.3. The van der Waals surface area contributed by atoms with Crippen LogP contribution in [0, 0.1) is 0 Å². The molecule has 0 bridgehead atoms. The molecule has 0 saturated carbocycles. The lowest BCUT2D eigenvalue weighted by Crippen LogP contribution is -2.47. The molecule has 1 aliphatic rings. The third-order valence-electron chi connectivity index (χ3n) is 5.10. The number of para-hydroxylation sites is 2. The lowest BCUT2D eigenvalue weighted by atomic mass is 10.1. The summed E-state index contributed by atoms with van der Waals surface area (Å²) in [6, 6.07) is 7.92.